The van der Waals surface area contributed by atoms with Crippen molar-refractivity contribution >= 4 is 11.7 Å². The molecule has 0 unspecified atom stereocenters. The van der Waals surface area contributed by atoms with Crippen molar-refractivity contribution < 1.29 is 14.3 Å². The molecular formula is C14H19NO3. The molecule has 2 N–H and O–H groups in total. The Hall–Kier alpha value is -1.71. The maximum atomic E-state index is 11.5. The lowest BCUT2D eigenvalue weighted by Crippen LogP contribution is -2.20. The number of benzene rings is 1. The fourth-order valence-corrected chi connectivity index (χ4v) is 2.30. The molecule has 1 aromatic carbocycles. The number of methoxy groups -OCH3 is 1. The van der Waals surface area contributed by atoms with Gasteiger partial charge >= 0.3 is 5.97 Å². The highest BCUT2D eigenvalue weighted by Gasteiger charge is 2.18. The van der Waals surface area contributed by atoms with Gasteiger partial charge in [-0.25, -0.2) is 4.79 Å². The van der Waals surface area contributed by atoms with E-state index in [0.717, 1.165) is 12.8 Å². The molecule has 18 heavy (non-hydrogen) atoms. The van der Waals surface area contributed by atoms with Crippen LogP contribution in [0.25, 0.3) is 0 Å². The lowest BCUT2D eigenvalue weighted by Gasteiger charge is -2.24. The van der Waals surface area contributed by atoms with Crippen molar-refractivity contribution in [3.05, 3.63) is 23.8 Å². The Bertz CT molecular complexity index is 425. The summed E-state index contributed by atoms with van der Waals surface area (Å²) in [4.78, 5) is 11.5. The highest BCUT2D eigenvalue weighted by atomic mass is 16.5. The number of carbonyl (C=O) groups is 1. The number of para-hydroxylation sites is 1. The normalized spacial score (nSPS) is 16.3. The topological polar surface area (TPSA) is 61.5 Å². The first kappa shape index (κ1) is 12.7. The van der Waals surface area contributed by atoms with Gasteiger partial charge in [-0.3, -0.25) is 0 Å². The number of hydrogen-bond donors (Lipinski definition) is 1. The molecule has 1 saturated carbocycles. The maximum Gasteiger partial charge on any atom is 0.340 e. The van der Waals surface area contributed by atoms with Crippen LogP contribution in [0, 0.1) is 0 Å². The molecule has 4 nitrogen and oxygen atoms in total. The minimum absolute atomic E-state index is 0.217. The Morgan fingerprint density at radius 1 is 1.28 bits per heavy atom. The van der Waals surface area contributed by atoms with Crippen LogP contribution in [0.15, 0.2) is 18.2 Å². The molecule has 1 aromatic rings. The number of rotatable bonds is 3. The van der Waals surface area contributed by atoms with Crippen LogP contribution in [0.5, 0.6) is 5.75 Å². The van der Waals surface area contributed by atoms with Gasteiger partial charge in [0.05, 0.1) is 24.5 Å². The van der Waals surface area contributed by atoms with Crippen LogP contribution in [0.3, 0.4) is 0 Å². The third-order valence-electron chi connectivity index (χ3n) is 3.32. The molecule has 0 aromatic heterocycles. The van der Waals surface area contributed by atoms with Crippen molar-refractivity contribution in [2.75, 3.05) is 12.8 Å². The number of hydrogen-bond acceptors (Lipinski definition) is 4. The zero-order valence-corrected chi connectivity index (χ0v) is 10.6. The number of nitrogen functional groups attached to an aromatic ring is 1. The summed E-state index contributed by atoms with van der Waals surface area (Å²) in [5.41, 5.74) is 6.69. The van der Waals surface area contributed by atoms with Gasteiger partial charge in [0.2, 0.25) is 0 Å². The zero-order valence-electron chi connectivity index (χ0n) is 10.6. The molecule has 0 spiro atoms. The van der Waals surface area contributed by atoms with Crippen LogP contribution in [0.2, 0.25) is 0 Å². The van der Waals surface area contributed by atoms with Gasteiger partial charge in [0.15, 0.2) is 0 Å². The summed E-state index contributed by atoms with van der Waals surface area (Å²) in [6, 6.07) is 5.21. The van der Waals surface area contributed by atoms with Gasteiger partial charge in [-0.05, 0) is 37.8 Å². The molecule has 98 valence electrons. The molecule has 4 heteroatoms. The first-order valence-corrected chi connectivity index (χ1v) is 6.36. The molecule has 0 heterocycles. The fraction of sp³-hybridized carbons (Fsp3) is 0.500. The van der Waals surface area contributed by atoms with E-state index < -0.39 is 5.97 Å². The van der Waals surface area contributed by atoms with E-state index >= 15 is 0 Å². The first-order chi connectivity index (χ1) is 8.72. The Balaban J connectivity index is 2.15. The summed E-state index contributed by atoms with van der Waals surface area (Å²) in [5.74, 6) is 0.159. The monoisotopic (exact) mass is 249 g/mol. The lowest BCUT2D eigenvalue weighted by atomic mass is 9.98. The number of carbonyl (C=O) groups excluding carboxylic acids is 1. The quantitative estimate of drug-likeness (QED) is 0.661. The third kappa shape index (κ3) is 2.75. The summed E-state index contributed by atoms with van der Waals surface area (Å²) >= 11 is 0. The Morgan fingerprint density at radius 2 is 2.00 bits per heavy atom. The van der Waals surface area contributed by atoms with Crippen molar-refractivity contribution in [1.29, 1.82) is 0 Å². The highest BCUT2D eigenvalue weighted by Crippen LogP contribution is 2.30. The average molecular weight is 249 g/mol. The highest BCUT2D eigenvalue weighted by molar-refractivity contribution is 5.96. The molecule has 1 fully saturated rings. The van der Waals surface area contributed by atoms with Crippen LogP contribution in [0.1, 0.15) is 42.5 Å². The van der Waals surface area contributed by atoms with E-state index in [1.807, 2.05) is 0 Å². The van der Waals surface area contributed by atoms with E-state index in [0.29, 0.717) is 17.0 Å². The Kier molecular flexibility index (Phi) is 4.07. The minimum atomic E-state index is -0.429. The number of ether oxygens (including phenoxy) is 2. The molecule has 0 aliphatic heterocycles. The predicted octanol–water partition coefficient (Wildman–Crippen LogP) is 2.77. The van der Waals surface area contributed by atoms with Gasteiger partial charge < -0.3 is 15.2 Å². The van der Waals surface area contributed by atoms with Crippen LogP contribution in [-0.4, -0.2) is 19.2 Å². The second-order valence-corrected chi connectivity index (χ2v) is 4.59. The SMILES string of the molecule is COC(=O)c1cccc(OC2CCCCC2)c1N. The first-order valence-electron chi connectivity index (χ1n) is 6.36. The number of anilines is 1. The average Bonchev–Trinajstić information content (AvgIpc) is 2.41. The van der Waals surface area contributed by atoms with Gasteiger partial charge in [0, 0.05) is 0 Å². The number of esters is 1. The van der Waals surface area contributed by atoms with E-state index in [-0.39, 0.29) is 6.10 Å². The minimum Gasteiger partial charge on any atom is -0.488 e. The molecule has 0 amide bonds. The third-order valence-corrected chi connectivity index (χ3v) is 3.32. The molecule has 0 saturated heterocycles. The molecule has 0 radical (unpaired) electrons. The fourth-order valence-electron chi connectivity index (χ4n) is 2.30. The van der Waals surface area contributed by atoms with Crippen LogP contribution in [0.4, 0.5) is 5.69 Å². The van der Waals surface area contributed by atoms with Crippen molar-refractivity contribution in [3.63, 3.8) is 0 Å². The summed E-state index contributed by atoms with van der Waals surface area (Å²) in [6.07, 6.45) is 6.00. The Labute approximate surface area is 107 Å². The van der Waals surface area contributed by atoms with Crippen molar-refractivity contribution in [1.82, 2.24) is 0 Å². The molecule has 2 rings (SSSR count). The van der Waals surface area contributed by atoms with E-state index in [2.05, 4.69) is 4.74 Å². The second-order valence-electron chi connectivity index (χ2n) is 4.59. The second kappa shape index (κ2) is 5.76. The van der Waals surface area contributed by atoms with Crippen molar-refractivity contribution in [2.24, 2.45) is 0 Å². The molecule has 1 aliphatic carbocycles. The molecular weight excluding hydrogens is 230 g/mol. The van der Waals surface area contributed by atoms with Gasteiger partial charge in [-0.1, -0.05) is 12.5 Å². The summed E-state index contributed by atoms with van der Waals surface area (Å²) in [7, 11) is 1.34. The molecule has 0 bridgehead atoms. The smallest absolute Gasteiger partial charge is 0.340 e. The lowest BCUT2D eigenvalue weighted by molar-refractivity contribution is 0.0601. The zero-order chi connectivity index (χ0) is 13.0. The molecule has 1 aliphatic rings. The summed E-state index contributed by atoms with van der Waals surface area (Å²) < 4.78 is 10.6. The predicted molar refractivity (Wildman–Crippen MR) is 69.7 cm³/mol. The van der Waals surface area contributed by atoms with Gasteiger partial charge in [-0.15, -0.1) is 0 Å². The van der Waals surface area contributed by atoms with E-state index in [1.54, 1.807) is 18.2 Å². The largest absolute Gasteiger partial charge is 0.488 e. The Morgan fingerprint density at radius 3 is 2.67 bits per heavy atom. The van der Waals surface area contributed by atoms with Crippen LogP contribution < -0.4 is 10.5 Å². The van der Waals surface area contributed by atoms with E-state index in [1.165, 1.54) is 26.4 Å². The van der Waals surface area contributed by atoms with E-state index in [9.17, 15) is 4.79 Å². The number of nitrogens with two attached hydrogens (primary N) is 1. The standard InChI is InChI=1S/C14H19NO3/c1-17-14(16)11-8-5-9-12(13(11)15)18-10-6-3-2-4-7-10/h5,8-10H,2-4,6-7,15H2,1H3. The van der Waals surface area contributed by atoms with Crippen molar-refractivity contribution in [3.8, 4) is 5.75 Å². The van der Waals surface area contributed by atoms with Crippen LogP contribution >= 0.6 is 0 Å². The van der Waals surface area contributed by atoms with Crippen LogP contribution in [-0.2, 0) is 4.74 Å². The summed E-state index contributed by atoms with van der Waals surface area (Å²) in [6.45, 7) is 0. The summed E-state index contributed by atoms with van der Waals surface area (Å²) in [5, 5.41) is 0. The van der Waals surface area contributed by atoms with Gasteiger partial charge in [0.25, 0.3) is 0 Å². The maximum absolute atomic E-state index is 11.5. The van der Waals surface area contributed by atoms with Gasteiger partial charge in [0.1, 0.15) is 5.75 Å². The van der Waals surface area contributed by atoms with Gasteiger partial charge in [-0.2, -0.15) is 0 Å². The van der Waals surface area contributed by atoms with Crippen molar-refractivity contribution in [2.45, 2.75) is 38.2 Å². The molecule has 0 atom stereocenters. The van der Waals surface area contributed by atoms with E-state index in [4.69, 9.17) is 10.5 Å².